The number of aromatic nitrogens is 3. The van der Waals surface area contributed by atoms with Crippen molar-refractivity contribution in [2.24, 2.45) is 5.41 Å². The first-order chi connectivity index (χ1) is 26.9. The van der Waals surface area contributed by atoms with Gasteiger partial charge in [-0.1, -0.05) is 140 Å². The lowest BCUT2D eigenvalue weighted by Crippen LogP contribution is -2.63. The van der Waals surface area contributed by atoms with Crippen molar-refractivity contribution in [2.45, 2.75) is 110 Å². The van der Waals surface area contributed by atoms with Gasteiger partial charge < -0.3 is 0 Å². The van der Waals surface area contributed by atoms with Crippen molar-refractivity contribution >= 4 is 21.9 Å². The predicted octanol–water partition coefficient (Wildman–Crippen LogP) is 12.6. The summed E-state index contributed by atoms with van der Waals surface area (Å²) in [6.07, 6.45) is 3.02. The van der Waals surface area contributed by atoms with E-state index in [9.17, 15) is 0 Å². The molecule has 0 bridgehead atoms. The van der Waals surface area contributed by atoms with Crippen LogP contribution in [0.4, 0.5) is 0 Å². The van der Waals surface area contributed by atoms with Crippen LogP contribution in [-0.4, -0.2) is 4.98 Å². The largest absolute Gasteiger partial charge is 0.240 e. The van der Waals surface area contributed by atoms with Crippen LogP contribution in [0.1, 0.15) is 103 Å². The zero-order chi connectivity index (χ0) is 39.2. The molecule has 282 valence electrons. The monoisotopic (exact) mass is 735 g/mol. The maximum atomic E-state index is 5.87. The van der Waals surface area contributed by atoms with Crippen molar-refractivity contribution in [3.8, 4) is 33.8 Å². The molecular weight excluding hydrogens is 679 g/mol. The summed E-state index contributed by atoms with van der Waals surface area (Å²) in [7, 11) is 0. The van der Waals surface area contributed by atoms with Gasteiger partial charge >= 0.3 is 0 Å². The molecule has 3 heterocycles. The number of hydrogen-bond donors (Lipinski definition) is 0. The molecule has 3 nitrogen and oxygen atoms in total. The molecule has 1 atom stereocenters. The van der Waals surface area contributed by atoms with Gasteiger partial charge in [-0.3, -0.25) is 0 Å². The van der Waals surface area contributed by atoms with E-state index >= 15 is 0 Å². The predicted molar refractivity (Wildman–Crippen MR) is 233 cm³/mol. The van der Waals surface area contributed by atoms with E-state index in [1.165, 1.54) is 72.3 Å². The van der Waals surface area contributed by atoms with Crippen LogP contribution in [0.3, 0.4) is 0 Å². The first kappa shape index (κ1) is 36.5. The van der Waals surface area contributed by atoms with Gasteiger partial charge in [0.25, 0.3) is 0 Å². The van der Waals surface area contributed by atoms with Crippen molar-refractivity contribution in [3.05, 3.63) is 150 Å². The molecule has 1 unspecified atom stereocenters. The Labute approximate surface area is 334 Å². The number of rotatable bonds is 7. The van der Waals surface area contributed by atoms with E-state index in [1.807, 2.05) is 0 Å². The molecule has 0 saturated heterocycles. The summed E-state index contributed by atoms with van der Waals surface area (Å²) in [6.45, 7) is 22.8. The van der Waals surface area contributed by atoms with Gasteiger partial charge in [-0.15, -0.1) is 0 Å². The average Bonchev–Trinajstić information content (AvgIpc) is 3.32. The highest BCUT2D eigenvalue weighted by molar-refractivity contribution is 5.88. The fourth-order valence-electron chi connectivity index (χ4n) is 11.2. The third kappa shape index (κ3) is 4.92. The lowest BCUT2D eigenvalue weighted by molar-refractivity contribution is -0.742. The van der Waals surface area contributed by atoms with Gasteiger partial charge in [-0.05, 0) is 69.7 Å². The Morgan fingerprint density at radius 1 is 0.625 bits per heavy atom. The Bertz CT molecular complexity index is 2660. The molecular formula is C53H57N3+2. The standard InChI is InChI=1S/C53H57N3/c1-10-53(11-2)41(33-34-55-43-28-20-16-22-36(43)29-31-44(55)38-25-17-15-21-35(38)3)39-26-18-19-27-40(39)49-47(37-23-13-12-14-24-37)54-48-45(56(49)53)32-30-42-46(48)51(6,7)52(8,9)50(42,4)5/h12-32,41H,10-11,33-34H2,1-9H3/q+2. The van der Waals surface area contributed by atoms with Gasteiger partial charge in [0.05, 0.1) is 11.5 Å². The van der Waals surface area contributed by atoms with Crippen molar-refractivity contribution < 1.29 is 9.13 Å². The van der Waals surface area contributed by atoms with Crippen LogP contribution in [-0.2, 0) is 22.9 Å². The lowest BCUT2D eigenvalue weighted by atomic mass is 9.59. The van der Waals surface area contributed by atoms with E-state index < -0.39 is 0 Å². The summed E-state index contributed by atoms with van der Waals surface area (Å²) >= 11 is 0. The molecule has 2 aromatic heterocycles. The molecule has 0 spiro atoms. The molecule has 0 radical (unpaired) electrons. The molecule has 0 N–H and O–H groups in total. The van der Waals surface area contributed by atoms with E-state index in [0.717, 1.165) is 31.5 Å². The van der Waals surface area contributed by atoms with Gasteiger partial charge in [0.1, 0.15) is 11.2 Å². The Balaban J connectivity index is 1.33. The highest BCUT2D eigenvalue weighted by Gasteiger charge is 2.59. The first-order valence-electron chi connectivity index (χ1n) is 21.0. The van der Waals surface area contributed by atoms with Gasteiger partial charge in [0.2, 0.25) is 22.4 Å². The molecule has 2 aliphatic rings. The van der Waals surface area contributed by atoms with E-state index in [4.69, 9.17) is 4.98 Å². The number of fused-ring (bicyclic) bond motifs is 8. The number of aryl methyl sites for hydroxylation is 2. The summed E-state index contributed by atoms with van der Waals surface area (Å²) in [5, 5.41) is 1.28. The van der Waals surface area contributed by atoms with Crippen LogP contribution in [0.15, 0.2) is 127 Å². The molecule has 9 rings (SSSR count). The van der Waals surface area contributed by atoms with Crippen LogP contribution < -0.4 is 9.13 Å². The van der Waals surface area contributed by atoms with E-state index in [1.54, 1.807) is 0 Å². The minimum Gasteiger partial charge on any atom is -0.234 e. The smallest absolute Gasteiger partial charge is 0.234 e. The number of hydrogen-bond acceptors (Lipinski definition) is 1. The van der Waals surface area contributed by atoms with Crippen molar-refractivity contribution in [2.75, 3.05) is 0 Å². The molecule has 0 fully saturated rings. The quantitative estimate of drug-likeness (QED) is 0.149. The van der Waals surface area contributed by atoms with E-state index in [0.29, 0.717) is 0 Å². The fourth-order valence-corrected chi connectivity index (χ4v) is 11.2. The Kier molecular flexibility index (Phi) is 8.44. The molecule has 7 aromatic rings. The topological polar surface area (TPSA) is 20.6 Å². The third-order valence-electron chi connectivity index (χ3n) is 15.5. The zero-order valence-electron chi connectivity index (χ0n) is 34.9. The average molecular weight is 736 g/mol. The second kappa shape index (κ2) is 12.9. The Hall–Kier alpha value is -5.15. The molecule has 56 heavy (non-hydrogen) atoms. The number of benzene rings is 5. The maximum absolute atomic E-state index is 5.87. The highest BCUT2D eigenvalue weighted by atomic mass is 15.1. The molecule has 1 aliphatic heterocycles. The fraction of sp³-hybridized carbons (Fsp3) is 0.340. The third-order valence-corrected chi connectivity index (χ3v) is 15.5. The van der Waals surface area contributed by atoms with Crippen molar-refractivity contribution in [1.29, 1.82) is 0 Å². The summed E-state index contributed by atoms with van der Waals surface area (Å²) < 4.78 is 5.42. The van der Waals surface area contributed by atoms with Crippen LogP contribution in [0, 0.1) is 12.3 Å². The van der Waals surface area contributed by atoms with Gasteiger partial charge in [0.15, 0.2) is 12.1 Å². The van der Waals surface area contributed by atoms with Crippen molar-refractivity contribution in [1.82, 2.24) is 4.98 Å². The Morgan fingerprint density at radius 2 is 1.29 bits per heavy atom. The first-order valence-corrected chi connectivity index (χ1v) is 21.0. The van der Waals surface area contributed by atoms with Gasteiger partial charge in [-0.25, -0.2) is 4.98 Å². The summed E-state index contributed by atoms with van der Waals surface area (Å²) in [5.41, 5.74) is 16.5. The van der Waals surface area contributed by atoms with Crippen LogP contribution >= 0.6 is 0 Å². The second-order valence-corrected chi connectivity index (χ2v) is 18.2. The van der Waals surface area contributed by atoms with E-state index in [2.05, 4.69) is 199 Å². The molecule has 0 amide bonds. The number of pyridine rings is 1. The second-order valence-electron chi connectivity index (χ2n) is 18.2. The summed E-state index contributed by atoms with van der Waals surface area (Å²) in [6, 6.07) is 47.6. The minimum absolute atomic E-state index is 0.0125. The summed E-state index contributed by atoms with van der Waals surface area (Å²) in [4.78, 5) is 5.87. The molecule has 5 aromatic carbocycles. The van der Waals surface area contributed by atoms with Gasteiger partial charge in [0, 0.05) is 54.0 Å². The number of nitrogens with zero attached hydrogens (tertiary/aromatic N) is 3. The highest BCUT2D eigenvalue weighted by Crippen LogP contribution is 2.63. The molecule has 0 saturated carbocycles. The molecule has 3 heteroatoms. The number of para-hydroxylation sites is 1. The van der Waals surface area contributed by atoms with Gasteiger partial charge in [-0.2, -0.15) is 9.13 Å². The normalized spacial score (nSPS) is 18.4. The van der Waals surface area contributed by atoms with Crippen LogP contribution in [0.25, 0.3) is 55.7 Å². The summed E-state index contributed by atoms with van der Waals surface area (Å²) in [5.74, 6) is 0.269. The zero-order valence-corrected chi connectivity index (χ0v) is 34.9. The van der Waals surface area contributed by atoms with Crippen LogP contribution in [0.2, 0.25) is 0 Å². The van der Waals surface area contributed by atoms with Crippen LogP contribution in [0.5, 0.6) is 0 Å². The van der Waals surface area contributed by atoms with Crippen molar-refractivity contribution in [3.63, 3.8) is 0 Å². The SMILES string of the molecule is CCC1(CC)C(CC[n+]2c(-c3ccccc3C)ccc3ccccc32)c2ccccc2-c2c(-c3ccccc3)nc3c4c(ccc3[n+]21)C(C)(C)C(C)(C)C4(C)C. The minimum atomic E-state index is -0.190. The molecule has 1 aliphatic carbocycles. The maximum Gasteiger partial charge on any atom is 0.240 e. The Morgan fingerprint density at radius 3 is 2.02 bits per heavy atom. The van der Waals surface area contributed by atoms with E-state index in [-0.39, 0.29) is 27.7 Å². The lowest BCUT2D eigenvalue weighted by Gasteiger charge is -2.44.